The molecule has 1 saturated heterocycles. The van der Waals surface area contributed by atoms with Crippen LogP contribution in [0.15, 0.2) is 0 Å². The Labute approximate surface area is 97.2 Å². The third-order valence-electron chi connectivity index (χ3n) is 3.67. The van der Waals surface area contributed by atoms with Gasteiger partial charge in [-0.1, -0.05) is 0 Å². The molecule has 4 heteroatoms. The van der Waals surface area contributed by atoms with Crippen LogP contribution in [0.25, 0.3) is 0 Å². The van der Waals surface area contributed by atoms with Crippen LogP contribution in [-0.4, -0.2) is 59.1 Å². The quantitative estimate of drug-likeness (QED) is 0.757. The highest BCUT2D eigenvalue weighted by molar-refractivity contribution is 5.74. The van der Waals surface area contributed by atoms with E-state index in [0.29, 0.717) is 12.1 Å². The Hall–Kier alpha value is -0.610. The molecule has 0 bridgehead atoms. The van der Waals surface area contributed by atoms with Crippen molar-refractivity contribution in [2.75, 3.05) is 26.2 Å². The van der Waals surface area contributed by atoms with Crippen LogP contribution in [0.1, 0.15) is 32.6 Å². The highest BCUT2D eigenvalue weighted by atomic mass is 16.3. The smallest absolute Gasteiger partial charge is 0.219 e. The van der Waals surface area contributed by atoms with E-state index in [0.717, 1.165) is 32.5 Å². The molecule has 1 amide bonds. The number of carbonyl (C=O) groups excluding carboxylic acids is 1. The van der Waals surface area contributed by atoms with Crippen LogP contribution in [0.3, 0.4) is 0 Å². The second kappa shape index (κ2) is 5.15. The molecule has 0 atom stereocenters. The second-order valence-electron chi connectivity index (χ2n) is 4.95. The Morgan fingerprint density at radius 3 is 2.25 bits per heavy atom. The van der Waals surface area contributed by atoms with E-state index in [1.807, 2.05) is 0 Å². The monoisotopic (exact) mass is 226 g/mol. The molecule has 0 aromatic heterocycles. The van der Waals surface area contributed by atoms with Gasteiger partial charge in [-0.25, -0.2) is 0 Å². The number of hydrogen-bond donors (Lipinski definition) is 1. The van der Waals surface area contributed by atoms with Crippen molar-refractivity contribution in [1.29, 1.82) is 0 Å². The van der Waals surface area contributed by atoms with E-state index in [2.05, 4.69) is 9.80 Å². The van der Waals surface area contributed by atoms with E-state index in [4.69, 9.17) is 5.11 Å². The average Bonchev–Trinajstić information content (AvgIpc) is 3.05. The van der Waals surface area contributed by atoms with Crippen molar-refractivity contribution in [2.24, 2.45) is 0 Å². The number of aliphatic hydroxyl groups excluding tert-OH is 1. The van der Waals surface area contributed by atoms with Gasteiger partial charge < -0.3 is 14.9 Å². The van der Waals surface area contributed by atoms with Crippen LogP contribution < -0.4 is 0 Å². The van der Waals surface area contributed by atoms with Crippen molar-refractivity contribution in [3.63, 3.8) is 0 Å². The first-order valence-corrected chi connectivity index (χ1v) is 6.34. The van der Waals surface area contributed by atoms with E-state index < -0.39 is 0 Å². The first kappa shape index (κ1) is 11.9. The highest BCUT2D eigenvalue weighted by Gasteiger charge is 2.36. The third-order valence-corrected chi connectivity index (χ3v) is 3.67. The first-order chi connectivity index (χ1) is 7.72. The zero-order chi connectivity index (χ0) is 11.5. The standard InChI is InChI=1S/C12H22N2O2/c1-10(16)14(11-2-3-11)12-4-6-13(7-5-12)8-9-15/h11-12,15H,2-9H2,1H3. The van der Waals surface area contributed by atoms with Crippen molar-refractivity contribution >= 4 is 5.91 Å². The number of carbonyl (C=O) groups is 1. The van der Waals surface area contributed by atoms with E-state index in [9.17, 15) is 4.79 Å². The summed E-state index contributed by atoms with van der Waals surface area (Å²) in [5.74, 6) is 0.239. The van der Waals surface area contributed by atoms with E-state index in [-0.39, 0.29) is 12.5 Å². The van der Waals surface area contributed by atoms with Crippen LogP contribution in [0.2, 0.25) is 0 Å². The lowest BCUT2D eigenvalue weighted by Crippen LogP contribution is -2.48. The molecule has 0 spiro atoms. The Morgan fingerprint density at radius 2 is 1.81 bits per heavy atom. The molecule has 92 valence electrons. The lowest BCUT2D eigenvalue weighted by atomic mass is 10.0. The summed E-state index contributed by atoms with van der Waals surface area (Å²) in [4.78, 5) is 16.0. The molecule has 1 aliphatic heterocycles. The summed E-state index contributed by atoms with van der Waals surface area (Å²) in [6, 6.07) is 0.979. The number of piperidine rings is 1. The fourth-order valence-corrected chi connectivity index (χ4v) is 2.73. The summed E-state index contributed by atoms with van der Waals surface area (Å²) in [5, 5.41) is 8.87. The second-order valence-corrected chi connectivity index (χ2v) is 4.95. The van der Waals surface area contributed by atoms with Gasteiger partial charge in [0.05, 0.1) is 6.61 Å². The lowest BCUT2D eigenvalue weighted by Gasteiger charge is -2.38. The predicted octanol–water partition coefficient (Wildman–Crippen LogP) is 0.454. The fraction of sp³-hybridized carbons (Fsp3) is 0.917. The zero-order valence-corrected chi connectivity index (χ0v) is 10.1. The molecule has 0 unspecified atom stereocenters. The predicted molar refractivity (Wildman–Crippen MR) is 62.1 cm³/mol. The summed E-state index contributed by atoms with van der Waals surface area (Å²) < 4.78 is 0. The molecule has 1 heterocycles. The van der Waals surface area contributed by atoms with Gasteiger partial charge in [0.25, 0.3) is 0 Å². The van der Waals surface area contributed by atoms with Crippen LogP contribution in [0, 0.1) is 0 Å². The maximum atomic E-state index is 11.6. The third kappa shape index (κ3) is 2.74. The number of likely N-dealkylation sites (tertiary alicyclic amines) is 1. The van der Waals surface area contributed by atoms with E-state index in [1.165, 1.54) is 12.8 Å². The molecular weight excluding hydrogens is 204 g/mol. The highest BCUT2D eigenvalue weighted by Crippen LogP contribution is 2.31. The minimum absolute atomic E-state index is 0.239. The molecule has 1 aliphatic carbocycles. The van der Waals surface area contributed by atoms with Crippen molar-refractivity contribution in [2.45, 2.75) is 44.7 Å². The molecular formula is C12H22N2O2. The summed E-state index contributed by atoms with van der Waals surface area (Å²) in [6.45, 7) is 4.74. The van der Waals surface area contributed by atoms with Crippen molar-refractivity contribution < 1.29 is 9.90 Å². The van der Waals surface area contributed by atoms with Crippen molar-refractivity contribution in [1.82, 2.24) is 9.80 Å². The Bertz CT molecular complexity index is 245. The van der Waals surface area contributed by atoms with Gasteiger partial charge in [-0.3, -0.25) is 4.79 Å². The van der Waals surface area contributed by atoms with Gasteiger partial charge in [0.2, 0.25) is 5.91 Å². The van der Waals surface area contributed by atoms with Crippen LogP contribution in [-0.2, 0) is 4.79 Å². The number of nitrogens with zero attached hydrogens (tertiary/aromatic N) is 2. The Morgan fingerprint density at radius 1 is 1.25 bits per heavy atom. The van der Waals surface area contributed by atoms with E-state index >= 15 is 0 Å². The summed E-state index contributed by atoms with van der Waals surface area (Å²) in [6.07, 6.45) is 4.51. The molecule has 0 aromatic carbocycles. The van der Waals surface area contributed by atoms with Gasteiger partial charge in [0, 0.05) is 38.6 Å². The molecule has 1 saturated carbocycles. The van der Waals surface area contributed by atoms with Crippen molar-refractivity contribution in [3.05, 3.63) is 0 Å². The van der Waals surface area contributed by atoms with Gasteiger partial charge in [0.1, 0.15) is 0 Å². The Balaban J connectivity index is 1.84. The average molecular weight is 226 g/mol. The molecule has 2 rings (SSSR count). The summed E-state index contributed by atoms with van der Waals surface area (Å²) in [7, 11) is 0. The summed E-state index contributed by atoms with van der Waals surface area (Å²) in [5.41, 5.74) is 0. The minimum Gasteiger partial charge on any atom is -0.395 e. The Kier molecular flexibility index (Phi) is 3.82. The van der Waals surface area contributed by atoms with Gasteiger partial charge in [-0.15, -0.1) is 0 Å². The maximum absolute atomic E-state index is 11.6. The molecule has 16 heavy (non-hydrogen) atoms. The van der Waals surface area contributed by atoms with E-state index in [1.54, 1.807) is 6.92 Å². The van der Waals surface area contributed by atoms with Crippen LogP contribution in [0.4, 0.5) is 0 Å². The molecule has 1 N–H and O–H groups in total. The number of hydrogen-bond acceptors (Lipinski definition) is 3. The number of aliphatic hydroxyl groups is 1. The molecule has 2 aliphatic rings. The fourth-order valence-electron chi connectivity index (χ4n) is 2.73. The van der Waals surface area contributed by atoms with Gasteiger partial charge in [0.15, 0.2) is 0 Å². The summed E-state index contributed by atoms with van der Waals surface area (Å²) >= 11 is 0. The van der Waals surface area contributed by atoms with Crippen LogP contribution >= 0.6 is 0 Å². The number of rotatable bonds is 4. The molecule has 4 nitrogen and oxygen atoms in total. The first-order valence-electron chi connectivity index (χ1n) is 6.34. The van der Waals surface area contributed by atoms with Gasteiger partial charge in [-0.2, -0.15) is 0 Å². The maximum Gasteiger partial charge on any atom is 0.219 e. The largest absolute Gasteiger partial charge is 0.395 e. The SMILES string of the molecule is CC(=O)N(C1CC1)C1CCN(CCO)CC1. The number of β-amino-alcohol motifs (C(OH)–C–C–N with tert-alkyl or cyclic N) is 1. The zero-order valence-electron chi connectivity index (χ0n) is 10.1. The lowest BCUT2D eigenvalue weighted by molar-refractivity contribution is -0.132. The topological polar surface area (TPSA) is 43.8 Å². The van der Waals surface area contributed by atoms with Gasteiger partial charge in [-0.05, 0) is 25.7 Å². The molecule has 0 aromatic rings. The minimum atomic E-state index is 0.239. The van der Waals surface area contributed by atoms with Crippen molar-refractivity contribution in [3.8, 4) is 0 Å². The molecule has 2 fully saturated rings. The molecule has 0 radical (unpaired) electrons. The normalized spacial score (nSPS) is 23.4. The van der Waals surface area contributed by atoms with Gasteiger partial charge >= 0.3 is 0 Å². The van der Waals surface area contributed by atoms with Crippen LogP contribution in [0.5, 0.6) is 0 Å². The number of amides is 1.